The zero-order chi connectivity index (χ0) is 22.5. The first-order valence-corrected chi connectivity index (χ1v) is 10.3. The van der Waals surface area contributed by atoms with Gasteiger partial charge in [0.25, 0.3) is 5.91 Å². The topological polar surface area (TPSA) is 91.4 Å². The predicted octanol–water partition coefficient (Wildman–Crippen LogP) is 4.04. The molecular formula is C26H24N2O4. The average Bonchev–Trinajstić information content (AvgIpc) is 3.29. The predicted molar refractivity (Wildman–Crippen MR) is 123 cm³/mol. The molecule has 0 fully saturated rings. The molecule has 1 unspecified atom stereocenters. The Hall–Kier alpha value is -4.06. The van der Waals surface area contributed by atoms with Gasteiger partial charge in [-0.3, -0.25) is 9.59 Å². The Balaban J connectivity index is 1.60. The summed E-state index contributed by atoms with van der Waals surface area (Å²) in [5, 5.41) is 13.3. The van der Waals surface area contributed by atoms with Gasteiger partial charge in [-0.2, -0.15) is 0 Å². The number of phenolic OH excluding ortho intramolecular Hbond substituents is 1. The van der Waals surface area contributed by atoms with Crippen LogP contribution in [-0.2, 0) is 17.6 Å². The van der Waals surface area contributed by atoms with Crippen LogP contribution in [0.3, 0.4) is 0 Å². The molecule has 6 nitrogen and oxygen atoms in total. The highest BCUT2D eigenvalue weighted by molar-refractivity contribution is 6.07. The van der Waals surface area contributed by atoms with Gasteiger partial charge in [0.15, 0.2) is 5.78 Å². The van der Waals surface area contributed by atoms with Gasteiger partial charge in [-0.25, -0.2) is 0 Å². The number of ketones is 1. The van der Waals surface area contributed by atoms with Crippen molar-refractivity contribution in [1.82, 2.24) is 10.3 Å². The number of hydrogen-bond donors (Lipinski definition) is 3. The minimum Gasteiger partial charge on any atom is -0.508 e. The lowest BCUT2D eigenvalue weighted by molar-refractivity contribution is -0.120. The molecule has 3 N–H and O–H groups in total. The van der Waals surface area contributed by atoms with Gasteiger partial charge in [0.05, 0.1) is 13.2 Å². The Bertz CT molecular complexity index is 1240. The molecule has 0 spiro atoms. The SMILES string of the molecule is COc1ccccc1CC(=O)C(Cc1ccc(O)cc1)NC(=O)c1cccc2[nH]ccc12. The second-order valence-electron chi connectivity index (χ2n) is 7.60. The molecule has 32 heavy (non-hydrogen) atoms. The number of aromatic amines is 1. The number of benzene rings is 3. The van der Waals surface area contributed by atoms with Gasteiger partial charge in [0.1, 0.15) is 11.5 Å². The van der Waals surface area contributed by atoms with Gasteiger partial charge in [0, 0.05) is 34.6 Å². The molecule has 6 heteroatoms. The van der Waals surface area contributed by atoms with Crippen molar-refractivity contribution in [3.05, 3.63) is 95.7 Å². The summed E-state index contributed by atoms with van der Waals surface area (Å²) in [4.78, 5) is 29.6. The number of H-pyrrole nitrogens is 1. The summed E-state index contributed by atoms with van der Waals surface area (Å²) >= 11 is 0. The Morgan fingerprint density at radius 2 is 1.78 bits per heavy atom. The van der Waals surface area contributed by atoms with E-state index >= 15 is 0 Å². The van der Waals surface area contributed by atoms with Crippen molar-refractivity contribution in [1.29, 1.82) is 0 Å². The molecule has 3 aromatic carbocycles. The molecule has 1 heterocycles. The molecule has 1 atom stereocenters. The smallest absolute Gasteiger partial charge is 0.252 e. The number of aromatic hydroxyl groups is 1. The number of Topliss-reactive ketones (excluding diaryl/α,β-unsaturated/α-hetero) is 1. The fraction of sp³-hybridized carbons (Fsp3) is 0.154. The quantitative estimate of drug-likeness (QED) is 0.395. The van der Waals surface area contributed by atoms with Crippen molar-refractivity contribution >= 4 is 22.6 Å². The summed E-state index contributed by atoms with van der Waals surface area (Å²) in [6.45, 7) is 0. The van der Waals surface area contributed by atoms with Gasteiger partial charge in [-0.15, -0.1) is 0 Å². The molecule has 162 valence electrons. The highest BCUT2D eigenvalue weighted by Gasteiger charge is 2.24. The summed E-state index contributed by atoms with van der Waals surface area (Å²) in [5.74, 6) is 0.339. The van der Waals surface area contributed by atoms with E-state index in [0.29, 0.717) is 17.7 Å². The molecule has 0 bridgehead atoms. The number of rotatable bonds is 8. The normalized spacial score (nSPS) is 11.8. The number of carbonyl (C=O) groups is 2. The first-order chi connectivity index (χ1) is 15.5. The van der Waals surface area contributed by atoms with Gasteiger partial charge < -0.3 is 20.1 Å². The van der Waals surface area contributed by atoms with E-state index in [4.69, 9.17) is 4.74 Å². The summed E-state index contributed by atoms with van der Waals surface area (Å²) in [5.41, 5.74) is 2.96. The maximum Gasteiger partial charge on any atom is 0.252 e. The zero-order valence-corrected chi connectivity index (χ0v) is 17.7. The Morgan fingerprint density at radius 3 is 2.56 bits per heavy atom. The third-order valence-corrected chi connectivity index (χ3v) is 5.47. The molecule has 1 aromatic heterocycles. The second-order valence-corrected chi connectivity index (χ2v) is 7.60. The Kier molecular flexibility index (Phi) is 6.22. The zero-order valence-electron chi connectivity index (χ0n) is 17.7. The number of fused-ring (bicyclic) bond motifs is 1. The molecule has 1 amide bonds. The van der Waals surface area contributed by atoms with Crippen LogP contribution >= 0.6 is 0 Å². The fourth-order valence-corrected chi connectivity index (χ4v) is 3.79. The lowest BCUT2D eigenvalue weighted by Crippen LogP contribution is -2.43. The maximum atomic E-state index is 13.3. The van der Waals surface area contributed by atoms with Crippen LogP contribution in [0.1, 0.15) is 21.5 Å². The molecule has 0 radical (unpaired) electrons. The number of para-hydroxylation sites is 1. The second kappa shape index (κ2) is 9.39. The van der Waals surface area contributed by atoms with E-state index in [9.17, 15) is 14.7 Å². The number of amides is 1. The lowest BCUT2D eigenvalue weighted by atomic mass is 9.96. The van der Waals surface area contributed by atoms with Crippen molar-refractivity contribution in [2.24, 2.45) is 0 Å². The Labute approximate surface area is 185 Å². The van der Waals surface area contributed by atoms with Crippen molar-refractivity contribution < 1.29 is 19.4 Å². The number of phenols is 1. The standard InChI is InChI=1S/C26H24N2O4/c1-32-25-8-3-2-5-18(25)16-24(30)23(15-17-9-11-19(29)12-10-17)28-26(31)21-6-4-7-22-20(21)13-14-27-22/h2-14,23,27,29H,15-16H2,1H3,(H,28,31). The summed E-state index contributed by atoms with van der Waals surface area (Å²) in [6.07, 6.45) is 2.22. The van der Waals surface area contributed by atoms with Crippen LogP contribution in [0.5, 0.6) is 11.5 Å². The van der Waals surface area contributed by atoms with E-state index in [1.165, 1.54) is 0 Å². The van der Waals surface area contributed by atoms with Crippen molar-refractivity contribution in [2.75, 3.05) is 7.11 Å². The number of nitrogens with one attached hydrogen (secondary N) is 2. The molecule has 0 saturated carbocycles. The number of methoxy groups -OCH3 is 1. The molecule has 0 aliphatic carbocycles. The highest BCUT2D eigenvalue weighted by atomic mass is 16.5. The van der Waals surface area contributed by atoms with Crippen molar-refractivity contribution in [3.8, 4) is 11.5 Å². The first kappa shape index (κ1) is 21.2. The monoisotopic (exact) mass is 428 g/mol. The number of carbonyl (C=O) groups excluding carboxylic acids is 2. The first-order valence-electron chi connectivity index (χ1n) is 10.3. The number of hydrogen-bond acceptors (Lipinski definition) is 4. The Morgan fingerprint density at radius 1 is 1.00 bits per heavy atom. The van der Waals surface area contributed by atoms with E-state index in [1.54, 1.807) is 49.7 Å². The maximum absolute atomic E-state index is 13.3. The van der Waals surface area contributed by atoms with Crippen LogP contribution in [0.4, 0.5) is 0 Å². The van der Waals surface area contributed by atoms with Gasteiger partial charge in [-0.05, 0) is 48.4 Å². The summed E-state index contributed by atoms with van der Waals surface area (Å²) in [6, 6.07) is 20.5. The minimum absolute atomic E-state index is 0.126. The molecule has 0 saturated heterocycles. The summed E-state index contributed by atoms with van der Waals surface area (Å²) < 4.78 is 5.38. The van der Waals surface area contributed by atoms with Gasteiger partial charge in [-0.1, -0.05) is 36.4 Å². The van der Waals surface area contributed by atoms with Crippen LogP contribution in [0.2, 0.25) is 0 Å². The van der Waals surface area contributed by atoms with Crippen LogP contribution in [0.15, 0.2) is 79.0 Å². The van der Waals surface area contributed by atoms with Crippen LogP contribution in [-0.4, -0.2) is 34.9 Å². The molecular weight excluding hydrogens is 404 g/mol. The largest absolute Gasteiger partial charge is 0.508 e. The molecule has 4 rings (SSSR count). The van der Waals surface area contributed by atoms with E-state index < -0.39 is 6.04 Å². The lowest BCUT2D eigenvalue weighted by Gasteiger charge is -2.19. The third kappa shape index (κ3) is 4.64. The van der Waals surface area contributed by atoms with Crippen LogP contribution in [0, 0.1) is 0 Å². The fourth-order valence-electron chi connectivity index (χ4n) is 3.79. The average molecular weight is 428 g/mol. The van der Waals surface area contributed by atoms with Crippen molar-refractivity contribution in [3.63, 3.8) is 0 Å². The van der Waals surface area contributed by atoms with E-state index in [2.05, 4.69) is 10.3 Å². The molecule has 0 aliphatic rings. The van der Waals surface area contributed by atoms with Crippen LogP contribution < -0.4 is 10.1 Å². The summed E-state index contributed by atoms with van der Waals surface area (Å²) in [7, 11) is 1.57. The highest BCUT2D eigenvalue weighted by Crippen LogP contribution is 2.21. The number of aromatic nitrogens is 1. The van der Waals surface area contributed by atoms with E-state index in [-0.39, 0.29) is 23.9 Å². The third-order valence-electron chi connectivity index (χ3n) is 5.47. The van der Waals surface area contributed by atoms with Gasteiger partial charge >= 0.3 is 0 Å². The van der Waals surface area contributed by atoms with E-state index in [0.717, 1.165) is 22.0 Å². The molecule has 0 aliphatic heterocycles. The van der Waals surface area contributed by atoms with Crippen LogP contribution in [0.25, 0.3) is 10.9 Å². The minimum atomic E-state index is -0.744. The van der Waals surface area contributed by atoms with Crippen molar-refractivity contribution in [2.45, 2.75) is 18.9 Å². The van der Waals surface area contributed by atoms with E-state index in [1.807, 2.05) is 36.4 Å². The number of ether oxygens (including phenoxy) is 1. The molecule has 4 aromatic rings. The van der Waals surface area contributed by atoms with Gasteiger partial charge in [0.2, 0.25) is 0 Å².